The Balaban J connectivity index is 4.06. The smallest absolute Gasteiger partial charge is 0.119 e. The van der Waals surface area contributed by atoms with E-state index in [9.17, 15) is 0 Å². The number of hydrogen-bond acceptors (Lipinski definition) is 4. The third-order valence-electron chi connectivity index (χ3n) is 1.34. The van der Waals surface area contributed by atoms with Crippen LogP contribution in [0.2, 0.25) is 0 Å². The predicted molar refractivity (Wildman–Crippen MR) is 66.2 cm³/mol. The normalized spacial score (nSPS) is 12.0. The minimum Gasteiger partial charge on any atom is -0.328 e. The van der Waals surface area contributed by atoms with Gasteiger partial charge in [0.25, 0.3) is 0 Å². The van der Waals surface area contributed by atoms with Gasteiger partial charge in [0.2, 0.25) is 0 Å². The Kier molecular flexibility index (Phi) is 8.04. The summed E-state index contributed by atoms with van der Waals surface area (Å²) in [4.78, 5) is 0. The SMILES string of the molecule is CCSC(CN)(SCC)SCC. The van der Waals surface area contributed by atoms with Crippen LogP contribution in [0.15, 0.2) is 0 Å². The van der Waals surface area contributed by atoms with Gasteiger partial charge in [0.05, 0.1) is 0 Å². The van der Waals surface area contributed by atoms with E-state index in [0.717, 1.165) is 23.8 Å². The Morgan fingerprint density at radius 2 is 1.25 bits per heavy atom. The highest BCUT2D eigenvalue weighted by atomic mass is 32.3. The van der Waals surface area contributed by atoms with E-state index < -0.39 is 0 Å². The largest absolute Gasteiger partial charge is 0.328 e. The van der Waals surface area contributed by atoms with Gasteiger partial charge in [-0.05, 0) is 17.3 Å². The van der Waals surface area contributed by atoms with Gasteiger partial charge in [0.1, 0.15) is 3.41 Å². The van der Waals surface area contributed by atoms with Crippen LogP contribution >= 0.6 is 35.3 Å². The van der Waals surface area contributed by atoms with E-state index in [2.05, 4.69) is 20.8 Å². The lowest BCUT2D eigenvalue weighted by molar-refractivity contribution is 1.05. The molecule has 2 N–H and O–H groups in total. The van der Waals surface area contributed by atoms with Gasteiger partial charge in [0.15, 0.2) is 0 Å². The zero-order chi connectivity index (χ0) is 9.45. The quantitative estimate of drug-likeness (QED) is 0.674. The van der Waals surface area contributed by atoms with Crippen molar-refractivity contribution in [3.8, 4) is 0 Å². The standard InChI is InChI=1S/C8H19NS3/c1-4-10-8(7-9,11-5-2)12-6-3/h4-7,9H2,1-3H3. The summed E-state index contributed by atoms with van der Waals surface area (Å²) in [6, 6.07) is 0. The van der Waals surface area contributed by atoms with Crippen molar-refractivity contribution in [1.29, 1.82) is 0 Å². The molecule has 0 heterocycles. The molecule has 0 fully saturated rings. The summed E-state index contributed by atoms with van der Waals surface area (Å²) in [6.07, 6.45) is 0. The Hall–Kier alpha value is 1.01. The van der Waals surface area contributed by atoms with Crippen LogP contribution in [0, 0.1) is 0 Å². The molecule has 4 heteroatoms. The van der Waals surface area contributed by atoms with Gasteiger partial charge >= 0.3 is 0 Å². The van der Waals surface area contributed by atoms with Gasteiger partial charge in [-0.1, -0.05) is 20.8 Å². The molecule has 0 unspecified atom stereocenters. The highest BCUT2D eigenvalue weighted by molar-refractivity contribution is 8.33. The van der Waals surface area contributed by atoms with E-state index in [-0.39, 0.29) is 3.41 Å². The molecule has 0 aliphatic heterocycles. The zero-order valence-corrected chi connectivity index (χ0v) is 10.6. The van der Waals surface area contributed by atoms with Gasteiger partial charge < -0.3 is 5.73 Å². The van der Waals surface area contributed by atoms with Crippen LogP contribution in [-0.2, 0) is 0 Å². The Morgan fingerprint density at radius 3 is 1.42 bits per heavy atom. The minimum absolute atomic E-state index is 0.220. The van der Waals surface area contributed by atoms with Gasteiger partial charge in [-0.15, -0.1) is 35.3 Å². The molecule has 0 radical (unpaired) electrons. The summed E-state index contributed by atoms with van der Waals surface area (Å²) >= 11 is 5.92. The van der Waals surface area contributed by atoms with Crippen LogP contribution in [-0.4, -0.2) is 27.2 Å². The molecule has 0 aromatic heterocycles. The fourth-order valence-corrected chi connectivity index (χ4v) is 5.76. The second-order valence-corrected chi connectivity index (χ2v) is 7.65. The van der Waals surface area contributed by atoms with Crippen molar-refractivity contribution in [3.63, 3.8) is 0 Å². The summed E-state index contributed by atoms with van der Waals surface area (Å²) in [5.41, 5.74) is 5.80. The van der Waals surface area contributed by atoms with Crippen molar-refractivity contribution < 1.29 is 0 Å². The molecule has 0 saturated heterocycles. The topological polar surface area (TPSA) is 26.0 Å². The molecule has 0 atom stereocenters. The lowest BCUT2D eigenvalue weighted by Crippen LogP contribution is -2.28. The van der Waals surface area contributed by atoms with Crippen LogP contribution < -0.4 is 5.73 Å². The number of rotatable bonds is 7. The van der Waals surface area contributed by atoms with Crippen LogP contribution in [0.25, 0.3) is 0 Å². The van der Waals surface area contributed by atoms with E-state index in [0.29, 0.717) is 0 Å². The van der Waals surface area contributed by atoms with E-state index in [1.54, 1.807) is 0 Å². The molecule has 0 aliphatic rings. The maximum absolute atomic E-state index is 5.80. The molecule has 0 aromatic carbocycles. The average Bonchev–Trinajstić information content (AvgIpc) is 2.06. The molecule has 0 rings (SSSR count). The summed E-state index contributed by atoms with van der Waals surface area (Å²) in [5, 5.41) is 0. The summed E-state index contributed by atoms with van der Waals surface area (Å²) < 4.78 is 0.220. The fraction of sp³-hybridized carbons (Fsp3) is 1.00. The Bertz CT molecular complexity index is 91.5. The molecular weight excluding hydrogens is 206 g/mol. The third kappa shape index (κ3) is 4.30. The van der Waals surface area contributed by atoms with Crippen molar-refractivity contribution >= 4 is 35.3 Å². The zero-order valence-electron chi connectivity index (χ0n) is 8.13. The molecule has 0 bridgehead atoms. The molecule has 12 heavy (non-hydrogen) atoms. The number of nitrogens with two attached hydrogens (primary N) is 1. The van der Waals surface area contributed by atoms with Crippen LogP contribution in [0.4, 0.5) is 0 Å². The lowest BCUT2D eigenvalue weighted by Gasteiger charge is -2.29. The maximum Gasteiger partial charge on any atom is 0.119 e. The van der Waals surface area contributed by atoms with E-state index >= 15 is 0 Å². The summed E-state index contributed by atoms with van der Waals surface area (Å²) in [6.45, 7) is 7.35. The van der Waals surface area contributed by atoms with Crippen LogP contribution in [0.5, 0.6) is 0 Å². The molecule has 74 valence electrons. The second-order valence-electron chi connectivity index (χ2n) is 2.19. The second kappa shape index (κ2) is 7.42. The van der Waals surface area contributed by atoms with Crippen molar-refractivity contribution in [2.24, 2.45) is 5.73 Å². The number of hydrogen-bond donors (Lipinski definition) is 1. The molecular formula is C8H19NS3. The number of thioether (sulfide) groups is 3. The third-order valence-corrected chi connectivity index (χ3v) is 6.15. The Morgan fingerprint density at radius 1 is 0.917 bits per heavy atom. The van der Waals surface area contributed by atoms with Gasteiger partial charge in [-0.3, -0.25) is 0 Å². The summed E-state index contributed by atoms with van der Waals surface area (Å²) in [5.74, 6) is 3.45. The highest BCUT2D eigenvalue weighted by Crippen LogP contribution is 2.45. The van der Waals surface area contributed by atoms with Crippen LogP contribution in [0.3, 0.4) is 0 Å². The first-order valence-corrected chi connectivity index (χ1v) is 7.32. The highest BCUT2D eigenvalue weighted by Gasteiger charge is 2.27. The van der Waals surface area contributed by atoms with Crippen molar-refractivity contribution in [1.82, 2.24) is 0 Å². The van der Waals surface area contributed by atoms with Gasteiger partial charge in [-0.25, -0.2) is 0 Å². The van der Waals surface area contributed by atoms with Gasteiger partial charge in [-0.2, -0.15) is 0 Å². The molecule has 0 aliphatic carbocycles. The van der Waals surface area contributed by atoms with Gasteiger partial charge in [0, 0.05) is 6.54 Å². The van der Waals surface area contributed by atoms with E-state index in [4.69, 9.17) is 5.73 Å². The first-order valence-electron chi connectivity index (χ1n) is 4.36. The molecule has 1 nitrogen and oxygen atoms in total. The van der Waals surface area contributed by atoms with Crippen molar-refractivity contribution in [2.45, 2.75) is 24.2 Å². The monoisotopic (exact) mass is 225 g/mol. The first kappa shape index (κ1) is 13.0. The van der Waals surface area contributed by atoms with E-state index in [1.807, 2.05) is 35.3 Å². The average molecular weight is 225 g/mol. The first-order chi connectivity index (χ1) is 5.74. The lowest BCUT2D eigenvalue weighted by atomic mass is 10.8. The van der Waals surface area contributed by atoms with E-state index in [1.165, 1.54) is 0 Å². The van der Waals surface area contributed by atoms with Crippen molar-refractivity contribution in [2.75, 3.05) is 23.8 Å². The molecule has 0 aromatic rings. The maximum atomic E-state index is 5.80. The van der Waals surface area contributed by atoms with Crippen LogP contribution in [0.1, 0.15) is 20.8 Å². The molecule has 0 spiro atoms. The summed E-state index contributed by atoms with van der Waals surface area (Å²) in [7, 11) is 0. The molecule has 0 amide bonds. The fourth-order valence-electron chi connectivity index (χ4n) is 0.962. The predicted octanol–water partition coefficient (Wildman–Crippen LogP) is 2.86. The van der Waals surface area contributed by atoms with Crippen molar-refractivity contribution in [3.05, 3.63) is 0 Å². The Labute approximate surface area is 89.0 Å². The molecule has 0 saturated carbocycles. The minimum atomic E-state index is 0.220.